The van der Waals surface area contributed by atoms with Crippen molar-refractivity contribution in [2.75, 3.05) is 12.0 Å². The Kier molecular flexibility index (Phi) is 6.58. The molecule has 1 saturated heterocycles. The predicted octanol–water partition coefficient (Wildman–Crippen LogP) is 5.98. The molecule has 1 heterocycles. The molecular formula is C25H17BrF3NO5. The summed E-state index contributed by atoms with van der Waals surface area (Å²) in [5.74, 6) is -2.49. The van der Waals surface area contributed by atoms with Crippen LogP contribution in [0, 0.1) is 0 Å². The summed E-state index contributed by atoms with van der Waals surface area (Å²) in [7, 11) is 1.47. The molecule has 180 valence electrons. The zero-order valence-electron chi connectivity index (χ0n) is 18.0. The van der Waals surface area contributed by atoms with Crippen LogP contribution in [0.1, 0.15) is 17.2 Å². The summed E-state index contributed by atoms with van der Waals surface area (Å²) < 4.78 is 48.0. The van der Waals surface area contributed by atoms with Gasteiger partial charge < -0.3 is 14.6 Å². The van der Waals surface area contributed by atoms with E-state index < -0.39 is 35.6 Å². The molecule has 0 aromatic heterocycles. The van der Waals surface area contributed by atoms with Crippen LogP contribution >= 0.6 is 15.9 Å². The van der Waals surface area contributed by atoms with Gasteiger partial charge in [-0.25, -0.2) is 0 Å². The van der Waals surface area contributed by atoms with E-state index in [2.05, 4.69) is 20.7 Å². The summed E-state index contributed by atoms with van der Waals surface area (Å²) in [4.78, 5) is 27.3. The molecule has 0 bridgehead atoms. The topological polar surface area (TPSA) is 76.1 Å². The molecule has 6 nitrogen and oxygen atoms in total. The Labute approximate surface area is 206 Å². The fraction of sp³-hybridized carbons (Fsp3) is 0.120. The zero-order chi connectivity index (χ0) is 25.3. The molecule has 1 N–H and O–H groups in total. The largest absolute Gasteiger partial charge is 0.573 e. The highest BCUT2D eigenvalue weighted by molar-refractivity contribution is 9.10. The number of amides is 1. The van der Waals surface area contributed by atoms with Crippen molar-refractivity contribution in [2.45, 2.75) is 12.4 Å². The summed E-state index contributed by atoms with van der Waals surface area (Å²) >= 11 is 3.32. The number of carbonyl (C=O) groups excluding carboxylic acids is 2. The van der Waals surface area contributed by atoms with Crippen molar-refractivity contribution in [1.29, 1.82) is 0 Å². The smallest absolute Gasteiger partial charge is 0.507 e. The van der Waals surface area contributed by atoms with Crippen molar-refractivity contribution in [3.05, 3.63) is 94.0 Å². The number of anilines is 1. The standard InChI is InChI=1S/C25H17BrF3NO5/c1-34-19-11-10-15(12-18(19)26)22(31)20-21(14-6-3-2-4-7-14)30(24(33)23(20)32)16-8-5-9-17(13-16)35-25(27,28)29/h2-13,21,31H,1H3/b22-20+. The number of ether oxygens (including phenoxy) is 2. The number of carbonyl (C=O) groups is 2. The van der Waals surface area contributed by atoms with Crippen LogP contribution in [0.25, 0.3) is 5.76 Å². The summed E-state index contributed by atoms with van der Waals surface area (Å²) in [5.41, 5.74) is 0.506. The number of hydrogen-bond donors (Lipinski definition) is 1. The number of rotatable bonds is 5. The number of ketones is 1. The summed E-state index contributed by atoms with van der Waals surface area (Å²) in [6, 6.07) is 16.7. The Hall–Kier alpha value is -3.79. The van der Waals surface area contributed by atoms with Gasteiger partial charge in [-0.15, -0.1) is 13.2 Å². The van der Waals surface area contributed by atoms with Crippen molar-refractivity contribution in [3.8, 4) is 11.5 Å². The van der Waals surface area contributed by atoms with Gasteiger partial charge in [-0.3, -0.25) is 14.5 Å². The van der Waals surface area contributed by atoms with Gasteiger partial charge in [0.2, 0.25) is 0 Å². The number of hydrogen-bond acceptors (Lipinski definition) is 5. The number of nitrogens with zero attached hydrogens (tertiary/aromatic N) is 1. The number of benzene rings is 3. The van der Waals surface area contributed by atoms with E-state index in [1.807, 2.05) is 0 Å². The lowest BCUT2D eigenvalue weighted by Crippen LogP contribution is -2.29. The molecule has 0 aliphatic carbocycles. The van der Waals surface area contributed by atoms with Crippen molar-refractivity contribution >= 4 is 39.1 Å². The van der Waals surface area contributed by atoms with E-state index >= 15 is 0 Å². The molecule has 35 heavy (non-hydrogen) atoms. The molecule has 1 aliphatic rings. The molecule has 0 spiro atoms. The van der Waals surface area contributed by atoms with Gasteiger partial charge in [0.25, 0.3) is 11.7 Å². The molecule has 1 unspecified atom stereocenters. The van der Waals surface area contributed by atoms with E-state index in [1.54, 1.807) is 36.4 Å². The van der Waals surface area contributed by atoms with Gasteiger partial charge in [0.05, 0.1) is 23.2 Å². The monoisotopic (exact) mass is 547 g/mol. The van der Waals surface area contributed by atoms with Crippen molar-refractivity contribution in [2.24, 2.45) is 0 Å². The second kappa shape index (κ2) is 9.46. The molecule has 3 aromatic rings. The maximum Gasteiger partial charge on any atom is 0.573 e. The van der Waals surface area contributed by atoms with Crippen LogP contribution in [0.4, 0.5) is 18.9 Å². The van der Waals surface area contributed by atoms with E-state index in [9.17, 15) is 27.9 Å². The summed E-state index contributed by atoms with van der Waals surface area (Å²) in [6.45, 7) is 0. The van der Waals surface area contributed by atoms with Crippen LogP contribution in [0.15, 0.2) is 82.8 Å². The maximum absolute atomic E-state index is 13.2. The molecule has 1 amide bonds. The van der Waals surface area contributed by atoms with Gasteiger partial charge in [0.15, 0.2) is 0 Å². The summed E-state index contributed by atoms with van der Waals surface area (Å²) in [6.07, 6.45) is -4.94. The van der Waals surface area contributed by atoms with E-state index in [1.165, 1.54) is 31.4 Å². The molecule has 10 heteroatoms. The first kappa shape index (κ1) is 24.3. The second-order valence-electron chi connectivity index (χ2n) is 7.47. The average Bonchev–Trinajstić information content (AvgIpc) is 3.08. The minimum Gasteiger partial charge on any atom is -0.507 e. The molecule has 1 fully saturated rings. The number of Topliss-reactive ketones (excluding diaryl/α,β-unsaturated/α-hetero) is 1. The number of alkyl halides is 3. The third kappa shape index (κ3) is 4.88. The van der Waals surface area contributed by atoms with Crippen LogP contribution in [-0.2, 0) is 9.59 Å². The lowest BCUT2D eigenvalue weighted by Gasteiger charge is -2.26. The highest BCUT2D eigenvalue weighted by Crippen LogP contribution is 2.43. The third-order valence-corrected chi connectivity index (χ3v) is 5.93. The Morgan fingerprint density at radius 1 is 1.00 bits per heavy atom. The van der Waals surface area contributed by atoms with E-state index in [4.69, 9.17) is 4.74 Å². The lowest BCUT2D eigenvalue weighted by molar-refractivity contribution is -0.274. The van der Waals surface area contributed by atoms with Crippen molar-refractivity contribution < 1.29 is 37.3 Å². The van der Waals surface area contributed by atoms with Gasteiger partial charge in [-0.05, 0) is 51.8 Å². The molecule has 4 rings (SSSR count). The second-order valence-corrected chi connectivity index (χ2v) is 8.33. The number of halogens is 4. The minimum absolute atomic E-state index is 0.00216. The van der Waals surface area contributed by atoms with E-state index in [0.717, 1.165) is 17.0 Å². The van der Waals surface area contributed by atoms with Gasteiger partial charge >= 0.3 is 6.36 Å². The minimum atomic E-state index is -4.94. The first-order chi connectivity index (χ1) is 16.6. The van der Waals surface area contributed by atoms with Crippen LogP contribution < -0.4 is 14.4 Å². The Balaban J connectivity index is 1.89. The van der Waals surface area contributed by atoms with Crippen LogP contribution in [0.3, 0.4) is 0 Å². The zero-order valence-corrected chi connectivity index (χ0v) is 19.6. The van der Waals surface area contributed by atoms with Crippen LogP contribution in [0.5, 0.6) is 11.5 Å². The number of methoxy groups -OCH3 is 1. The molecule has 0 saturated carbocycles. The fourth-order valence-corrected chi connectivity index (χ4v) is 4.39. The SMILES string of the molecule is COc1ccc(/C(O)=C2\C(=O)C(=O)N(c3cccc(OC(F)(F)F)c3)C2c2ccccc2)cc1Br. The molecule has 1 atom stereocenters. The van der Waals surface area contributed by atoms with E-state index in [0.29, 0.717) is 15.8 Å². The van der Waals surface area contributed by atoms with Crippen molar-refractivity contribution in [1.82, 2.24) is 0 Å². The molecule has 1 aliphatic heterocycles. The van der Waals surface area contributed by atoms with Gasteiger partial charge in [0.1, 0.15) is 17.3 Å². The van der Waals surface area contributed by atoms with Crippen LogP contribution in [-0.4, -0.2) is 30.3 Å². The predicted molar refractivity (Wildman–Crippen MR) is 125 cm³/mol. The molecular weight excluding hydrogens is 531 g/mol. The Morgan fingerprint density at radius 2 is 1.71 bits per heavy atom. The quantitative estimate of drug-likeness (QED) is 0.241. The van der Waals surface area contributed by atoms with Crippen molar-refractivity contribution in [3.63, 3.8) is 0 Å². The number of aliphatic hydroxyl groups excluding tert-OH is 1. The first-order valence-electron chi connectivity index (χ1n) is 10.2. The summed E-state index contributed by atoms with van der Waals surface area (Å²) in [5, 5.41) is 11.1. The highest BCUT2D eigenvalue weighted by atomic mass is 79.9. The van der Waals surface area contributed by atoms with E-state index in [-0.39, 0.29) is 16.8 Å². The fourth-order valence-electron chi connectivity index (χ4n) is 3.85. The van der Waals surface area contributed by atoms with Crippen LogP contribution in [0.2, 0.25) is 0 Å². The maximum atomic E-state index is 13.2. The highest BCUT2D eigenvalue weighted by Gasteiger charge is 2.47. The normalized spacial score (nSPS) is 17.5. The molecule has 3 aromatic carbocycles. The average molecular weight is 548 g/mol. The Morgan fingerprint density at radius 3 is 2.34 bits per heavy atom. The van der Waals surface area contributed by atoms with Gasteiger partial charge in [-0.2, -0.15) is 0 Å². The third-order valence-electron chi connectivity index (χ3n) is 5.31. The van der Waals surface area contributed by atoms with Gasteiger partial charge in [0, 0.05) is 17.3 Å². The van der Waals surface area contributed by atoms with Gasteiger partial charge in [-0.1, -0.05) is 36.4 Å². The Bertz CT molecular complexity index is 1320. The number of aliphatic hydroxyl groups is 1. The lowest BCUT2D eigenvalue weighted by atomic mass is 9.95. The first-order valence-corrected chi connectivity index (χ1v) is 11.0. The molecule has 0 radical (unpaired) electrons.